The van der Waals surface area contributed by atoms with E-state index in [0.29, 0.717) is 6.54 Å². The number of likely N-dealkylation sites (N-methyl/N-ethyl adjacent to an activating group) is 1. The molecular weight excluding hydrogens is 226 g/mol. The van der Waals surface area contributed by atoms with Crippen LogP contribution in [0.3, 0.4) is 0 Å². The van der Waals surface area contributed by atoms with Crippen LogP contribution in [0.1, 0.15) is 11.5 Å². The molecule has 3 nitrogen and oxygen atoms in total. The topological polar surface area (TPSA) is 29.5 Å². The first-order chi connectivity index (χ1) is 8.74. The van der Waals surface area contributed by atoms with Gasteiger partial charge in [-0.1, -0.05) is 42.5 Å². The molecule has 0 amide bonds. The van der Waals surface area contributed by atoms with Crippen molar-refractivity contribution in [2.75, 3.05) is 20.7 Å². The Morgan fingerprint density at radius 1 is 1.22 bits per heavy atom. The van der Waals surface area contributed by atoms with Crippen molar-refractivity contribution in [3.8, 4) is 0 Å². The summed E-state index contributed by atoms with van der Waals surface area (Å²) < 4.78 is 0. The number of benzene rings is 2. The van der Waals surface area contributed by atoms with Gasteiger partial charge in [-0.05, 0) is 16.3 Å². The molecule has 2 aromatic rings. The number of aldehydes is 1. The van der Waals surface area contributed by atoms with Gasteiger partial charge in [0.1, 0.15) is 6.29 Å². The van der Waals surface area contributed by atoms with Crippen LogP contribution in [0.4, 0.5) is 0 Å². The Kier molecular flexibility index (Phi) is 4.07. The lowest BCUT2D eigenvalue weighted by Gasteiger charge is -2.18. The van der Waals surface area contributed by atoms with E-state index >= 15 is 0 Å². The largest absolute Gasteiger partial charge is 0.303 e. The quantitative estimate of drug-likeness (QED) is 0.597. The van der Waals surface area contributed by atoms with Gasteiger partial charge in [0.15, 0.2) is 0 Å². The van der Waals surface area contributed by atoms with Crippen molar-refractivity contribution in [1.29, 1.82) is 0 Å². The van der Waals surface area contributed by atoms with E-state index in [0.717, 1.165) is 17.2 Å². The first-order valence-corrected chi connectivity index (χ1v) is 5.94. The Balaban J connectivity index is 2.30. The van der Waals surface area contributed by atoms with Gasteiger partial charge in [-0.3, -0.25) is 0 Å². The number of nitrogens with zero attached hydrogens (tertiary/aromatic N) is 1. The summed E-state index contributed by atoms with van der Waals surface area (Å²) in [5.74, 6) is -0.167. The second-order valence-corrected chi connectivity index (χ2v) is 4.34. The summed E-state index contributed by atoms with van der Waals surface area (Å²) in [6.45, 7) is 0.554. The van der Waals surface area contributed by atoms with E-state index in [-0.39, 0.29) is 5.92 Å². The first kappa shape index (κ1) is 12.7. The molecule has 2 aromatic carbocycles. The standard InChI is InChI=1S/C15H17NO2/c1-16(18-2)10-15(11-17)14-8-7-12-5-3-4-6-13(12)9-14/h3-9,11,15H,10H2,1-2H3. The van der Waals surface area contributed by atoms with Gasteiger partial charge in [-0.25, -0.2) is 0 Å². The molecule has 0 heterocycles. The molecule has 2 rings (SSSR count). The fraction of sp³-hybridized carbons (Fsp3) is 0.267. The molecule has 18 heavy (non-hydrogen) atoms. The van der Waals surface area contributed by atoms with Gasteiger partial charge < -0.3 is 9.63 Å². The van der Waals surface area contributed by atoms with Crippen molar-refractivity contribution in [3.05, 3.63) is 48.0 Å². The molecule has 1 unspecified atom stereocenters. The van der Waals surface area contributed by atoms with Crippen LogP contribution in [0.5, 0.6) is 0 Å². The molecule has 0 saturated heterocycles. The first-order valence-electron chi connectivity index (χ1n) is 5.94. The van der Waals surface area contributed by atoms with E-state index in [2.05, 4.69) is 18.2 Å². The maximum absolute atomic E-state index is 11.2. The average Bonchev–Trinajstić information content (AvgIpc) is 2.44. The number of carbonyl (C=O) groups excluding carboxylic acids is 1. The smallest absolute Gasteiger partial charge is 0.128 e. The van der Waals surface area contributed by atoms with Crippen molar-refractivity contribution in [1.82, 2.24) is 5.06 Å². The van der Waals surface area contributed by atoms with Crippen LogP contribution in [0.15, 0.2) is 42.5 Å². The SMILES string of the molecule is CON(C)CC(C=O)c1ccc2ccccc2c1. The van der Waals surface area contributed by atoms with E-state index in [1.165, 1.54) is 5.39 Å². The number of hydrogen-bond acceptors (Lipinski definition) is 3. The van der Waals surface area contributed by atoms with Crippen LogP contribution < -0.4 is 0 Å². The second kappa shape index (κ2) is 5.76. The molecule has 0 aliphatic rings. The highest BCUT2D eigenvalue weighted by molar-refractivity contribution is 5.84. The molecule has 0 spiro atoms. The maximum atomic E-state index is 11.2. The minimum atomic E-state index is -0.167. The Bertz CT molecular complexity index is 539. The van der Waals surface area contributed by atoms with E-state index in [1.54, 1.807) is 12.2 Å². The Hall–Kier alpha value is -1.71. The molecule has 0 N–H and O–H groups in total. The number of hydroxylamine groups is 2. The van der Waals surface area contributed by atoms with Crippen LogP contribution in [0.25, 0.3) is 10.8 Å². The van der Waals surface area contributed by atoms with E-state index in [1.807, 2.05) is 31.3 Å². The van der Waals surface area contributed by atoms with Crippen molar-refractivity contribution < 1.29 is 9.63 Å². The lowest BCUT2D eigenvalue weighted by Crippen LogP contribution is -2.24. The molecule has 0 saturated carbocycles. The molecule has 0 fully saturated rings. The zero-order valence-electron chi connectivity index (χ0n) is 10.7. The average molecular weight is 243 g/mol. The van der Waals surface area contributed by atoms with Gasteiger partial charge >= 0.3 is 0 Å². The summed E-state index contributed by atoms with van der Waals surface area (Å²) in [5.41, 5.74) is 1.02. The van der Waals surface area contributed by atoms with E-state index in [9.17, 15) is 4.79 Å². The highest BCUT2D eigenvalue weighted by atomic mass is 16.7. The van der Waals surface area contributed by atoms with Gasteiger partial charge in [0, 0.05) is 13.6 Å². The zero-order valence-corrected chi connectivity index (χ0v) is 10.7. The fourth-order valence-electron chi connectivity index (χ4n) is 2.02. The lowest BCUT2D eigenvalue weighted by molar-refractivity contribution is -0.124. The van der Waals surface area contributed by atoms with Gasteiger partial charge in [-0.2, -0.15) is 5.06 Å². The molecule has 0 aromatic heterocycles. The maximum Gasteiger partial charge on any atom is 0.128 e. The van der Waals surface area contributed by atoms with Gasteiger partial charge in [0.25, 0.3) is 0 Å². The van der Waals surface area contributed by atoms with Gasteiger partial charge in [0.2, 0.25) is 0 Å². The molecule has 0 bridgehead atoms. The Morgan fingerprint density at radius 2 is 1.94 bits per heavy atom. The van der Waals surface area contributed by atoms with Crippen molar-refractivity contribution in [2.24, 2.45) is 0 Å². The third-order valence-corrected chi connectivity index (χ3v) is 3.13. The fourth-order valence-corrected chi connectivity index (χ4v) is 2.02. The minimum absolute atomic E-state index is 0.167. The molecular formula is C15H17NO2. The van der Waals surface area contributed by atoms with Crippen molar-refractivity contribution in [3.63, 3.8) is 0 Å². The Labute approximate surface area is 107 Å². The normalized spacial score (nSPS) is 12.8. The van der Waals surface area contributed by atoms with Gasteiger partial charge in [-0.15, -0.1) is 0 Å². The number of rotatable bonds is 5. The summed E-state index contributed by atoms with van der Waals surface area (Å²) in [6.07, 6.45) is 0.972. The number of hydrogen-bond donors (Lipinski definition) is 0. The second-order valence-electron chi connectivity index (χ2n) is 4.34. The summed E-state index contributed by atoms with van der Waals surface area (Å²) in [7, 11) is 3.42. The summed E-state index contributed by atoms with van der Waals surface area (Å²) in [5, 5.41) is 4.00. The Morgan fingerprint density at radius 3 is 2.61 bits per heavy atom. The highest BCUT2D eigenvalue weighted by Crippen LogP contribution is 2.21. The number of carbonyl (C=O) groups is 1. The van der Waals surface area contributed by atoms with E-state index in [4.69, 9.17) is 4.84 Å². The van der Waals surface area contributed by atoms with Crippen LogP contribution in [-0.4, -0.2) is 32.1 Å². The molecule has 3 heteroatoms. The molecule has 1 atom stereocenters. The van der Waals surface area contributed by atoms with Crippen LogP contribution in [0, 0.1) is 0 Å². The lowest BCUT2D eigenvalue weighted by atomic mass is 9.97. The summed E-state index contributed by atoms with van der Waals surface area (Å²) >= 11 is 0. The molecule has 0 aliphatic carbocycles. The van der Waals surface area contributed by atoms with E-state index < -0.39 is 0 Å². The zero-order chi connectivity index (χ0) is 13.0. The predicted octanol–water partition coefficient (Wildman–Crippen LogP) is 2.62. The third-order valence-electron chi connectivity index (χ3n) is 3.13. The molecule has 94 valence electrons. The van der Waals surface area contributed by atoms with Gasteiger partial charge in [0.05, 0.1) is 13.0 Å². The van der Waals surface area contributed by atoms with Crippen LogP contribution >= 0.6 is 0 Å². The molecule has 0 radical (unpaired) electrons. The molecule has 0 aliphatic heterocycles. The van der Waals surface area contributed by atoms with Crippen molar-refractivity contribution in [2.45, 2.75) is 5.92 Å². The predicted molar refractivity (Wildman–Crippen MR) is 72.4 cm³/mol. The summed E-state index contributed by atoms with van der Waals surface area (Å²) in [4.78, 5) is 16.3. The minimum Gasteiger partial charge on any atom is -0.303 e. The highest BCUT2D eigenvalue weighted by Gasteiger charge is 2.13. The van der Waals surface area contributed by atoms with Crippen LogP contribution in [0.2, 0.25) is 0 Å². The van der Waals surface area contributed by atoms with Crippen LogP contribution in [-0.2, 0) is 9.63 Å². The third kappa shape index (κ3) is 2.75. The number of fused-ring (bicyclic) bond motifs is 1. The monoisotopic (exact) mass is 243 g/mol. The summed E-state index contributed by atoms with van der Waals surface area (Å²) in [6, 6.07) is 14.3. The van der Waals surface area contributed by atoms with Crippen molar-refractivity contribution >= 4 is 17.1 Å².